The van der Waals surface area contributed by atoms with E-state index in [1.807, 2.05) is 84.9 Å². The predicted molar refractivity (Wildman–Crippen MR) is 229 cm³/mol. The van der Waals surface area contributed by atoms with Crippen molar-refractivity contribution in [2.24, 2.45) is 0 Å². The Balaban J connectivity index is 1.01. The number of para-hydroxylation sites is 1. The SMILES string of the molecule is c1ccc(-c2cc(-c3ccc(-c4ccc5oc6ccccc6c5c4)cc3)nc(-c3cccc4c3ccc3oc5ccc6nc(-c7ccccc7)oc6c5c34)n2)cc1. The van der Waals surface area contributed by atoms with Gasteiger partial charge < -0.3 is 13.3 Å². The molecule has 0 atom stereocenters. The highest BCUT2D eigenvalue weighted by Gasteiger charge is 2.20. The van der Waals surface area contributed by atoms with Gasteiger partial charge in [-0.1, -0.05) is 115 Å². The molecule has 12 rings (SSSR count). The molecule has 12 aromatic rings. The molecule has 0 N–H and O–H groups in total. The minimum atomic E-state index is 0.577. The fourth-order valence-corrected chi connectivity index (χ4v) is 8.21. The van der Waals surface area contributed by atoms with E-state index in [2.05, 4.69) is 91.0 Å². The van der Waals surface area contributed by atoms with Crippen LogP contribution in [0.1, 0.15) is 0 Å². The zero-order valence-electron chi connectivity index (χ0n) is 30.3. The van der Waals surface area contributed by atoms with Gasteiger partial charge in [0.15, 0.2) is 11.4 Å². The highest BCUT2D eigenvalue weighted by Crippen LogP contribution is 2.42. The van der Waals surface area contributed by atoms with Crippen LogP contribution in [0.15, 0.2) is 189 Å². The van der Waals surface area contributed by atoms with E-state index in [-0.39, 0.29) is 0 Å². The summed E-state index contributed by atoms with van der Waals surface area (Å²) in [7, 11) is 0. The zero-order valence-corrected chi connectivity index (χ0v) is 30.3. The molecule has 0 saturated heterocycles. The van der Waals surface area contributed by atoms with Crippen LogP contribution in [0.25, 0.3) is 122 Å². The molecule has 0 amide bonds. The Kier molecular flexibility index (Phi) is 6.83. The van der Waals surface area contributed by atoms with Gasteiger partial charge in [0, 0.05) is 38.4 Å². The molecule has 57 heavy (non-hydrogen) atoms. The maximum absolute atomic E-state index is 6.50. The molecule has 6 nitrogen and oxygen atoms in total. The number of furan rings is 2. The topological polar surface area (TPSA) is 78.1 Å². The van der Waals surface area contributed by atoms with Crippen molar-refractivity contribution in [3.05, 3.63) is 176 Å². The van der Waals surface area contributed by atoms with E-state index >= 15 is 0 Å². The summed E-state index contributed by atoms with van der Waals surface area (Å²) in [5.41, 5.74) is 12.6. The van der Waals surface area contributed by atoms with E-state index in [1.165, 1.54) is 0 Å². The maximum atomic E-state index is 6.50. The Morgan fingerprint density at radius 2 is 0.947 bits per heavy atom. The van der Waals surface area contributed by atoms with Gasteiger partial charge >= 0.3 is 0 Å². The molecule has 0 aliphatic rings. The number of hydrogen-bond acceptors (Lipinski definition) is 6. The van der Waals surface area contributed by atoms with Gasteiger partial charge in [0.1, 0.15) is 27.8 Å². The first kappa shape index (κ1) is 31.5. The first-order chi connectivity index (χ1) is 28.2. The highest BCUT2D eigenvalue weighted by molar-refractivity contribution is 6.26. The Hall–Kier alpha value is -7.83. The first-order valence-electron chi connectivity index (χ1n) is 18.9. The number of hydrogen-bond donors (Lipinski definition) is 0. The smallest absolute Gasteiger partial charge is 0.227 e. The summed E-state index contributed by atoms with van der Waals surface area (Å²) in [6.45, 7) is 0. The van der Waals surface area contributed by atoms with E-state index in [1.54, 1.807) is 0 Å². The monoisotopic (exact) mass is 731 g/mol. The minimum Gasteiger partial charge on any atom is -0.456 e. The molecule has 0 aliphatic carbocycles. The summed E-state index contributed by atoms with van der Waals surface area (Å²) >= 11 is 0. The van der Waals surface area contributed by atoms with Crippen molar-refractivity contribution in [1.29, 1.82) is 0 Å². The number of rotatable bonds is 5. The second kappa shape index (κ2) is 12.3. The van der Waals surface area contributed by atoms with Crippen LogP contribution < -0.4 is 0 Å². The van der Waals surface area contributed by atoms with Crippen LogP contribution in [0.2, 0.25) is 0 Å². The van der Waals surface area contributed by atoms with Crippen molar-refractivity contribution < 1.29 is 13.3 Å². The van der Waals surface area contributed by atoms with Crippen molar-refractivity contribution in [3.8, 4) is 56.5 Å². The molecular formula is C51H29N3O3. The molecule has 4 heterocycles. The van der Waals surface area contributed by atoms with Crippen LogP contribution in [0, 0.1) is 0 Å². The molecule has 6 heteroatoms. The van der Waals surface area contributed by atoms with Crippen molar-refractivity contribution in [2.45, 2.75) is 0 Å². The molecule has 0 fully saturated rings. The van der Waals surface area contributed by atoms with E-state index < -0.39 is 0 Å². The molecule has 0 saturated carbocycles. The average molecular weight is 732 g/mol. The van der Waals surface area contributed by atoms with Crippen LogP contribution in [0.3, 0.4) is 0 Å². The van der Waals surface area contributed by atoms with Crippen LogP contribution in [0.5, 0.6) is 0 Å². The Morgan fingerprint density at radius 1 is 0.333 bits per heavy atom. The van der Waals surface area contributed by atoms with Gasteiger partial charge in [0.2, 0.25) is 5.89 Å². The first-order valence-corrected chi connectivity index (χ1v) is 18.9. The summed E-state index contributed by atoms with van der Waals surface area (Å²) < 4.78 is 19.0. The molecule has 0 aliphatic heterocycles. The van der Waals surface area contributed by atoms with Gasteiger partial charge in [0.05, 0.1) is 16.8 Å². The lowest BCUT2D eigenvalue weighted by Crippen LogP contribution is -1.96. The van der Waals surface area contributed by atoms with E-state index in [9.17, 15) is 0 Å². The third-order valence-electron chi connectivity index (χ3n) is 11.0. The fraction of sp³-hybridized carbons (Fsp3) is 0. The maximum Gasteiger partial charge on any atom is 0.227 e. The predicted octanol–water partition coefficient (Wildman–Crippen LogP) is 13.9. The lowest BCUT2D eigenvalue weighted by Gasteiger charge is -2.12. The highest BCUT2D eigenvalue weighted by atomic mass is 16.4. The number of oxazole rings is 1. The molecule has 8 aromatic carbocycles. The summed E-state index contributed by atoms with van der Waals surface area (Å²) in [6, 6.07) is 59.9. The minimum absolute atomic E-state index is 0.577. The molecule has 4 aromatic heterocycles. The Bertz CT molecular complexity index is 3510. The lowest BCUT2D eigenvalue weighted by molar-refractivity contribution is 0.622. The van der Waals surface area contributed by atoms with E-state index in [0.717, 1.165) is 105 Å². The summed E-state index contributed by atoms with van der Waals surface area (Å²) in [4.78, 5) is 15.3. The number of benzene rings is 8. The molecule has 0 spiro atoms. The van der Waals surface area contributed by atoms with Crippen molar-refractivity contribution in [2.75, 3.05) is 0 Å². The Morgan fingerprint density at radius 3 is 1.77 bits per heavy atom. The van der Waals surface area contributed by atoms with Crippen molar-refractivity contribution in [3.63, 3.8) is 0 Å². The van der Waals surface area contributed by atoms with Crippen LogP contribution >= 0.6 is 0 Å². The number of nitrogens with zero attached hydrogens (tertiary/aromatic N) is 3. The quantitative estimate of drug-likeness (QED) is 0.175. The van der Waals surface area contributed by atoms with Crippen LogP contribution in [0.4, 0.5) is 0 Å². The normalized spacial score (nSPS) is 11.9. The molecule has 0 bridgehead atoms. The number of fused-ring (bicyclic) bond motifs is 10. The van der Waals surface area contributed by atoms with Gasteiger partial charge in [-0.2, -0.15) is 0 Å². The van der Waals surface area contributed by atoms with Gasteiger partial charge in [-0.25, -0.2) is 15.0 Å². The Labute approximate surface area is 325 Å². The molecule has 0 unspecified atom stereocenters. The summed E-state index contributed by atoms with van der Waals surface area (Å²) in [6.07, 6.45) is 0. The van der Waals surface area contributed by atoms with Crippen molar-refractivity contribution >= 4 is 65.7 Å². The largest absolute Gasteiger partial charge is 0.456 e. The lowest BCUT2D eigenvalue weighted by atomic mass is 9.98. The summed E-state index contributed by atoms with van der Waals surface area (Å²) in [5.74, 6) is 1.22. The third kappa shape index (κ3) is 5.08. The molecule has 266 valence electrons. The zero-order chi connectivity index (χ0) is 37.5. The van der Waals surface area contributed by atoms with E-state index in [0.29, 0.717) is 17.3 Å². The second-order valence-electron chi connectivity index (χ2n) is 14.3. The standard InChI is InChI=1S/C51H29N3O3/c1-3-10-31(11-4-1)41-29-42(32-20-18-30(19-21-32)34-22-25-44-39(28-34)36-14-7-8-17-43(36)55-44)53-50(52-41)38-16-9-15-37-35(38)23-26-45-47(37)48-46(56-45)27-24-40-49(48)57-51(54-40)33-12-5-2-6-13-33/h1-29H. The van der Waals surface area contributed by atoms with Crippen molar-refractivity contribution in [1.82, 2.24) is 15.0 Å². The molecular weight excluding hydrogens is 703 g/mol. The molecule has 0 radical (unpaired) electrons. The van der Waals surface area contributed by atoms with Gasteiger partial charge in [0.25, 0.3) is 0 Å². The van der Waals surface area contributed by atoms with Gasteiger partial charge in [-0.3, -0.25) is 0 Å². The van der Waals surface area contributed by atoms with Gasteiger partial charge in [-0.05, 0) is 82.6 Å². The summed E-state index contributed by atoms with van der Waals surface area (Å²) in [5, 5.41) is 6.14. The second-order valence-corrected chi connectivity index (χ2v) is 14.3. The van der Waals surface area contributed by atoms with Crippen LogP contribution in [-0.4, -0.2) is 15.0 Å². The average Bonchev–Trinajstić information content (AvgIpc) is 4.00. The van der Waals surface area contributed by atoms with Gasteiger partial charge in [-0.15, -0.1) is 0 Å². The number of aromatic nitrogens is 3. The third-order valence-corrected chi connectivity index (χ3v) is 11.0. The van der Waals surface area contributed by atoms with E-state index in [4.69, 9.17) is 28.2 Å². The van der Waals surface area contributed by atoms with Crippen LogP contribution in [-0.2, 0) is 0 Å². The fourth-order valence-electron chi connectivity index (χ4n) is 8.21.